The molecule has 0 unspecified atom stereocenters. The molecule has 2 aromatic rings. The van der Waals surface area contributed by atoms with Crippen LogP contribution < -0.4 is 11.2 Å². The van der Waals surface area contributed by atoms with Crippen LogP contribution in [-0.2, 0) is 13.6 Å². The fourth-order valence-corrected chi connectivity index (χ4v) is 3.42. The minimum atomic E-state index is -0.450. The quantitative estimate of drug-likeness (QED) is 0.611. The van der Waals surface area contributed by atoms with E-state index < -0.39 is 5.69 Å². The molecule has 0 radical (unpaired) electrons. The van der Waals surface area contributed by atoms with Crippen molar-refractivity contribution in [1.29, 1.82) is 0 Å². The Labute approximate surface area is 143 Å². The highest BCUT2D eigenvalue weighted by atomic mass is 35.5. The van der Waals surface area contributed by atoms with Crippen LogP contribution in [0.3, 0.4) is 0 Å². The number of aromatic amines is 1. The van der Waals surface area contributed by atoms with Gasteiger partial charge in [0.05, 0.1) is 0 Å². The van der Waals surface area contributed by atoms with Gasteiger partial charge in [-0.3, -0.25) is 14.3 Å². The molecule has 0 aromatic carbocycles. The van der Waals surface area contributed by atoms with Gasteiger partial charge >= 0.3 is 5.69 Å². The molecule has 2 rings (SSSR count). The molecule has 6 nitrogen and oxygen atoms in total. The zero-order valence-electron chi connectivity index (χ0n) is 13.6. The molecule has 0 aliphatic heterocycles. The third-order valence-electron chi connectivity index (χ3n) is 3.53. The van der Waals surface area contributed by atoms with E-state index in [1.165, 1.54) is 16.3 Å². The molecule has 0 amide bonds. The van der Waals surface area contributed by atoms with Crippen LogP contribution in [-0.4, -0.2) is 24.9 Å². The lowest BCUT2D eigenvalue weighted by molar-refractivity contribution is 0.578. The average molecular weight is 357 g/mol. The number of rotatable bonds is 7. The number of aryl methyl sites for hydroxylation is 2. The van der Waals surface area contributed by atoms with Crippen molar-refractivity contribution in [2.45, 2.75) is 44.8 Å². The number of unbranched alkanes of at least 4 members (excludes halogenated alkanes) is 2. The maximum atomic E-state index is 12.2. The number of H-pyrrole nitrogens is 1. The minimum Gasteiger partial charge on any atom is -0.313 e. The first kappa shape index (κ1) is 17.9. The first-order chi connectivity index (χ1) is 11.0. The van der Waals surface area contributed by atoms with E-state index in [-0.39, 0.29) is 5.56 Å². The van der Waals surface area contributed by atoms with Crippen molar-refractivity contribution >= 4 is 34.5 Å². The highest BCUT2D eigenvalue weighted by Crippen LogP contribution is 2.23. The standard InChI is InChI=1S/C15H21ClN4O2S/c1-4-5-6-8-20-11-12(19(3)14(22)18-13(11)21)17-15(20)23-9-7-10(2)16/h7H,4-6,8-9H2,1-3H3,(H,18,21,22)/b10-7-. The summed E-state index contributed by atoms with van der Waals surface area (Å²) in [7, 11) is 1.61. The molecule has 8 heteroatoms. The Morgan fingerprint density at radius 3 is 2.78 bits per heavy atom. The minimum absolute atomic E-state index is 0.386. The first-order valence-electron chi connectivity index (χ1n) is 7.60. The van der Waals surface area contributed by atoms with E-state index in [4.69, 9.17) is 11.6 Å². The fourth-order valence-electron chi connectivity index (χ4n) is 2.28. The van der Waals surface area contributed by atoms with Gasteiger partial charge in [-0.05, 0) is 13.3 Å². The molecule has 0 spiro atoms. The normalized spacial score (nSPS) is 12.3. The van der Waals surface area contributed by atoms with Crippen LogP contribution in [0.15, 0.2) is 25.9 Å². The summed E-state index contributed by atoms with van der Waals surface area (Å²) in [6.07, 6.45) is 5.03. The van der Waals surface area contributed by atoms with E-state index in [9.17, 15) is 9.59 Å². The van der Waals surface area contributed by atoms with E-state index >= 15 is 0 Å². The Hall–Kier alpha value is -1.47. The van der Waals surface area contributed by atoms with Gasteiger partial charge in [-0.15, -0.1) is 0 Å². The van der Waals surface area contributed by atoms with Gasteiger partial charge in [-0.1, -0.05) is 49.2 Å². The second-order valence-electron chi connectivity index (χ2n) is 5.35. The second kappa shape index (κ2) is 7.88. The number of nitrogens with zero attached hydrogens (tertiary/aromatic N) is 3. The maximum absolute atomic E-state index is 12.2. The van der Waals surface area contributed by atoms with Crippen LogP contribution in [0.25, 0.3) is 11.2 Å². The molecule has 23 heavy (non-hydrogen) atoms. The molecule has 2 heterocycles. The Bertz CT molecular complexity index is 830. The number of nitrogens with one attached hydrogen (secondary N) is 1. The summed E-state index contributed by atoms with van der Waals surface area (Å²) >= 11 is 7.36. The predicted octanol–water partition coefficient (Wildman–Crippen LogP) is 2.85. The highest BCUT2D eigenvalue weighted by molar-refractivity contribution is 7.99. The molecule has 126 valence electrons. The molecule has 0 fully saturated rings. The van der Waals surface area contributed by atoms with Crippen LogP contribution in [0, 0.1) is 0 Å². The van der Waals surface area contributed by atoms with Gasteiger partial charge in [0, 0.05) is 24.4 Å². The van der Waals surface area contributed by atoms with Gasteiger partial charge in [0.1, 0.15) is 0 Å². The summed E-state index contributed by atoms with van der Waals surface area (Å²) in [6, 6.07) is 0. The van der Waals surface area contributed by atoms with Gasteiger partial charge < -0.3 is 4.57 Å². The largest absolute Gasteiger partial charge is 0.329 e. The van der Waals surface area contributed by atoms with Gasteiger partial charge in [-0.25, -0.2) is 9.78 Å². The van der Waals surface area contributed by atoms with Gasteiger partial charge in [-0.2, -0.15) is 0 Å². The van der Waals surface area contributed by atoms with Crippen LogP contribution in [0.1, 0.15) is 33.1 Å². The summed E-state index contributed by atoms with van der Waals surface area (Å²) in [5.41, 5.74) is 0.0402. The SMILES string of the molecule is CCCCCn1c(SC/C=C(/C)Cl)nc2c1c(=O)[nH]c(=O)n2C. The molecule has 0 saturated heterocycles. The Morgan fingerprint density at radius 1 is 1.39 bits per heavy atom. The third-order valence-corrected chi connectivity index (χ3v) is 4.59. The zero-order chi connectivity index (χ0) is 17.0. The molecule has 2 aromatic heterocycles. The van der Waals surface area contributed by atoms with Crippen LogP contribution >= 0.6 is 23.4 Å². The first-order valence-corrected chi connectivity index (χ1v) is 8.96. The van der Waals surface area contributed by atoms with Crippen molar-refractivity contribution in [2.75, 3.05) is 5.75 Å². The van der Waals surface area contributed by atoms with Gasteiger partial charge in [0.25, 0.3) is 5.56 Å². The topological polar surface area (TPSA) is 72.7 Å². The molecule has 0 atom stereocenters. The van der Waals surface area contributed by atoms with E-state index in [2.05, 4.69) is 16.9 Å². The summed E-state index contributed by atoms with van der Waals surface area (Å²) < 4.78 is 3.28. The number of allylic oxidation sites excluding steroid dienone is 1. The van der Waals surface area contributed by atoms with Crippen LogP contribution in [0.5, 0.6) is 0 Å². The number of imidazole rings is 1. The van der Waals surface area contributed by atoms with Crippen LogP contribution in [0.2, 0.25) is 0 Å². The second-order valence-corrected chi connectivity index (χ2v) is 6.93. The van der Waals surface area contributed by atoms with Crippen LogP contribution in [0.4, 0.5) is 0 Å². The highest BCUT2D eigenvalue weighted by Gasteiger charge is 2.17. The molecule has 0 aliphatic carbocycles. The monoisotopic (exact) mass is 356 g/mol. The fraction of sp³-hybridized carbons (Fsp3) is 0.533. The summed E-state index contributed by atoms with van der Waals surface area (Å²) in [5, 5.41) is 1.45. The molecular formula is C15H21ClN4O2S. The van der Waals surface area contributed by atoms with Crippen molar-refractivity contribution in [2.24, 2.45) is 7.05 Å². The number of halogens is 1. The third kappa shape index (κ3) is 4.09. The molecular weight excluding hydrogens is 336 g/mol. The Kier molecular flexibility index (Phi) is 6.12. The molecule has 0 bridgehead atoms. The van der Waals surface area contributed by atoms with Gasteiger partial charge in [0.2, 0.25) is 0 Å². The lowest BCUT2D eigenvalue weighted by Crippen LogP contribution is -2.29. The smallest absolute Gasteiger partial charge is 0.313 e. The molecule has 0 aliphatic rings. The number of hydrogen-bond acceptors (Lipinski definition) is 4. The van der Waals surface area contributed by atoms with E-state index in [0.29, 0.717) is 23.5 Å². The van der Waals surface area contributed by atoms with E-state index in [1.807, 2.05) is 17.6 Å². The molecule has 1 N–H and O–H groups in total. The number of thioether (sulfide) groups is 1. The van der Waals surface area contributed by atoms with E-state index in [1.54, 1.807) is 7.05 Å². The lowest BCUT2D eigenvalue weighted by atomic mass is 10.2. The van der Waals surface area contributed by atoms with Crippen molar-refractivity contribution in [1.82, 2.24) is 19.1 Å². The maximum Gasteiger partial charge on any atom is 0.329 e. The number of fused-ring (bicyclic) bond motifs is 1. The zero-order valence-corrected chi connectivity index (χ0v) is 15.1. The van der Waals surface area contributed by atoms with Gasteiger partial charge in [0.15, 0.2) is 16.3 Å². The summed E-state index contributed by atoms with van der Waals surface area (Å²) in [6.45, 7) is 4.66. The summed E-state index contributed by atoms with van der Waals surface area (Å²) in [4.78, 5) is 30.8. The van der Waals surface area contributed by atoms with Crippen molar-refractivity contribution in [3.05, 3.63) is 31.9 Å². The van der Waals surface area contributed by atoms with Crippen molar-refractivity contribution in [3.63, 3.8) is 0 Å². The van der Waals surface area contributed by atoms with Crippen molar-refractivity contribution < 1.29 is 0 Å². The summed E-state index contributed by atoms with van der Waals surface area (Å²) in [5.74, 6) is 0.665. The predicted molar refractivity (Wildman–Crippen MR) is 95.5 cm³/mol. The molecule has 0 saturated carbocycles. The Balaban J connectivity index is 2.50. The van der Waals surface area contributed by atoms with Crippen molar-refractivity contribution in [3.8, 4) is 0 Å². The lowest BCUT2D eigenvalue weighted by Gasteiger charge is -2.07. The van der Waals surface area contributed by atoms with E-state index in [0.717, 1.165) is 29.5 Å². The Morgan fingerprint density at radius 2 is 2.13 bits per heavy atom. The number of aromatic nitrogens is 4. The number of hydrogen-bond donors (Lipinski definition) is 1. The average Bonchev–Trinajstić information content (AvgIpc) is 2.84.